The van der Waals surface area contributed by atoms with Gasteiger partial charge in [-0.15, -0.1) is 5.10 Å². The first kappa shape index (κ1) is 20.1. The second-order valence-corrected chi connectivity index (χ2v) is 6.65. The summed E-state index contributed by atoms with van der Waals surface area (Å²) in [5.74, 6) is -0.609. The Kier molecular flexibility index (Phi) is 5.91. The van der Waals surface area contributed by atoms with E-state index in [0.29, 0.717) is 19.5 Å². The van der Waals surface area contributed by atoms with E-state index in [0.717, 1.165) is 16.9 Å². The molecule has 0 saturated heterocycles. The van der Waals surface area contributed by atoms with Crippen molar-refractivity contribution in [1.29, 1.82) is 0 Å². The Morgan fingerprint density at radius 1 is 1.24 bits per heavy atom. The zero-order valence-corrected chi connectivity index (χ0v) is 16.3. The number of amides is 1. The molecular formula is C19H23N7O3. The third-order valence-corrected chi connectivity index (χ3v) is 4.53. The highest BCUT2D eigenvalue weighted by atomic mass is 16.2. The van der Waals surface area contributed by atoms with Gasteiger partial charge in [0.15, 0.2) is 11.4 Å². The van der Waals surface area contributed by atoms with Gasteiger partial charge in [-0.25, -0.2) is 9.48 Å². The van der Waals surface area contributed by atoms with Gasteiger partial charge in [-0.2, -0.15) is 0 Å². The lowest BCUT2D eigenvalue weighted by molar-refractivity contribution is 0.0988. The molecule has 0 aliphatic carbocycles. The summed E-state index contributed by atoms with van der Waals surface area (Å²) in [6.07, 6.45) is 3.06. The molecule has 0 bridgehead atoms. The van der Waals surface area contributed by atoms with Crippen LogP contribution in [0.2, 0.25) is 0 Å². The van der Waals surface area contributed by atoms with Crippen LogP contribution in [0.5, 0.6) is 0 Å². The van der Waals surface area contributed by atoms with Gasteiger partial charge < -0.3 is 10.6 Å². The molecule has 0 atom stereocenters. The number of carbonyl (C=O) groups is 1. The van der Waals surface area contributed by atoms with Crippen LogP contribution in [0.1, 0.15) is 35.8 Å². The lowest BCUT2D eigenvalue weighted by atomic mass is 10.2. The molecule has 0 aliphatic rings. The van der Waals surface area contributed by atoms with Crippen molar-refractivity contribution in [2.75, 3.05) is 17.7 Å². The number of anilines is 2. The molecule has 1 aromatic carbocycles. The van der Waals surface area contributed by atoms with Crippen LogP contribution >= 0.6 is 0 Å². The van der Waals surface area contributed by atoms with Gasteiger partial charge in [-0.3, -0.25) is 19.1 Å². The summed E-state index contributed by atoms with van der Waals surface area (Å²) in [7, 11) is 1.41. The number of rotatable bonds is 7. The summed E-state index contributed by atoms with van der Waals surface area (Å²) in [5, 5.41) is 7.88. The van der Waals surface area contributed by atoms with Crippen LogP contribution in [0, 0.1) is 0 Å². The van der Waals surface area contributed by atoms with Crippen molar-refractivity contribution in [3.05, 3.63) is 68.6 Å². The number of nitrogens with one attached hydrogen (secondary N) is 1. The van der Waals surface area contributed by atoms with Gasteiger partial charge in [-0.1, -0.05) is 48.9 Å². The molecule has 0 spiro atoms. The molecule has 0 saturated carbocycles. The van der Waals surface area contributed by atoms with Crippen LogP contribution in [-0.4, -0.2) is 37.5 Å². The van der Waals surface area contributed by atoms with Crippen molar-refractivity contribution in [2.45, 2.75) is 32.9 Å². The summed E-state index contributed by atoms with van der Waals surface area (Å²) in [4.78, 5) is 40.5. The highest BCUT2D eigenvalue weighted by Gasteiger charge is 2.24. The number of benzene rings is 1. The average Bonchev–Trinajstić information content (AvgIpc) is 3.16. The minimum absolute atomic E-state index is 0.0558. The van der Waals surface area contributed by atoms with E-state index in [1.54, 1.807) is 0 Å². The van der Waals surface area contributed by atoms with Gasteiger partial charge in [-0.05, 0) is 12.0 Å². The van der Waals surface area contributed by atoms with Crippen molar-refractivity contribution in [1.82, 2.24) is 24.5 Å². The second-order valence-electron chi connectivity index (χ2n) is 6.65. The van der Waals surface area contributed by atoms with E-state index in [1.807, 2.05) is 37.3 Å². The molecule has 2 heterocycles. The Balaban J connectivity index is 1.87. The molecule has 10 heteroatoms. The third kappa shape index (κ3) is 4.26. The topological polar surface area (TPSA) is 132 Å². The molecule has 29 heavy (non-hydrogen) atoms. The van der Waals surface area contributed by atoms with E-state index in [-0.39, 0.29) is 17.2 Å². The first-order valence-corrected chi connectivity index (χ1v) is 9.27. The predicted octanol–water partition coefficient (Wildman–Crippen LogP) is 0.835. The van der Waals surface area contributed by atoms with Crippen LogP contribution in [0.15, 0.2) is 46.1 Å². The summed E-state index contributed by atoms with van der Waals surface area (Å²) in [5.41, 5.74) is 5.71. The van der Waals surface area contributed by atoms with Crippen molar-refractivity contribution in [2.24, 2.45) is 0 Å². The first-order chi connectivity index (χ1) is 13.9. The molecule has 3 aromatic rings. The zero-order valence-electron chi connectivity index (χ0n) is 16.3. The number of aromatic nitrogens is 5. The highest BCUT2D eigenvalue weighted by molar-refractivity contribution is 6.05. The summed E-state index contributed by atoms with van der Waals surface area (Å²) in [6, 6.07) is 9.62. The fraction of sp³-hybridized carbons (Fsp3) is 0.316. The Hall–Kier alpha value is -3.69. The number of unbranched alkanes of at least 4 members (excludes halogenated alkanes) is 1. The van der Waals surface area contributed by atoms with E-state index in [2.05, 4.69) is 15.3 Å². The normalized spacial score (nSPS) is 10.8. The Morgan fingerprint density at radius 2 is 1.97 bits per heavy atom. The lowest BCUT2D eigenvalue weighted by Crippen LogP contribution is -2.39. The first-order valence-electron chi connectivity index (χ1n) is 9.27. The molecule has 3 N–H and O–H groups in total. The maximum atomic E-state index is 12.8. The number of H-pyrrole nitrogens is 1. The third-order valence-electron chi connectivity index (χ3n) is 4.53. The quantitative estimate of drug-likeness (QED) is 0.607. The van der Waals surface area contributed by atoms with Crippen molar-refractivity contribution in [3.8, 4) is 0 Å². The summed E-state index contributed by atoms with van der Waals surface area (Å²) in [6.45, 7) is 2.78. The molecule has 0 unspecified atom stereocenters. The van der Waals surface area contributed by atoms with Gasteiger partial charge in [0.25, 0.3) is 11.5 Å². The molecule has 2 aromatic heterocycles. The Bertz CT molecular complexity index is 1110. The number of hydrogen-bond acceptors (Lipinski definition) is 6. The minimum atomic E-state index is -0.729. The SMILES string of the molecule is CCCCn1c(N)c(N(C)C(=O)c2cn(Cc3ccccc3)nn2)c(=O)[nH]c1=O. The van der Waals surface area contributed by atoms with Gasteiger partial charge in [0, 0.05) is 13.6 Å². The smallest absolute Gasteiger partial charge is 0.330 e. The molecular weight excluding hydrogens is 374 g/mol. The van der Waals surface area contributed by atoms with E-state index >= 15 is 0 Å². The number of nitrogens with zero attached hydrogens (tertiary/aromatic N) is 5. The molecule has 10 nitrogen and oxygen atoms in total. The number of hydrogen-bond donors (Lipinski definition) is 2. The number of aromatic amines is 1. The van der Waals surface area contributed by atoms with Gasteiger partial charge in [0.05, 0.1) is 12.7 Å². The van der Waals surface area contributed by atoms with Gasteiger partial charge in [0.1, 0.15) is 5.82 Å². The molecule has 3 rings (SSSR count). The van der Waals surface area contributed by atoms with Crippen LogP contribution in [0.25, 0.3) is 0 Å². The summed E-state index contributed by atoms with van der Waals surface area (Å²) >= 11 is 0. The maximum absolute atomic E-state index is 12.8. The number of carbonyl (C=O) groups excluding carboxylic acids is 1. The lowest BCUT2D eigenvalue weighted by Gasteiger charge is -2.19. The van der Waals surface area contributed by atoms with E-state index in [9.17, 15) is 14.4 Å². The van der Waals surface area contributed by atoms with Gasteiger partial charge in [0.2, 0.25) is 0 Å². The van der Waals surface area contributed by atoms with Gasteiger partial charge >= 0.3 is 5.69 Å². The fourth-order valence-corrected chi connectivity index (χ4v) is 2.96. The highest BCUT2D eigenvalue weighted by Crippen LogP contribution is 2.17. The van der Waals surface area contributed by atoms with Crippen molar-refractivity contribution < 1.29 is 4.79 Å². The Labute approximate surface area is 166 Å². The second kappa shape index (κ2) is 8.55. The predicted molar refractivity (Wildman–Crippen MR) is 109 cm³/mol. The fourth-order valence-electron chi connectivity index (χ4n) is 2.96. The molecule has 0 aliphatic heterocycles. The monoisotopic (exact) mass is 397 g/mol. The van der Waals surface area contributed by atoms with E-state index < -0.39 is 17.2 Å². The van der Waals surface area contributed by atoms with Crippen LogP contribution in [0.4, 0.5) is 11.5 Å². The average molecular weight is 397 g/mol. The minimum Gasteiger partial charge on any atom is -0.383 e. The molecule has 152 valence electrons. The zero-order chi connectivity index (χ0) is 21.0. The van der Waals surface area contributed by atoms with Crippen molar-refractivity contribution >= 4 is 17.4 Å². The maximum Gasteiger partial charge on any atom is 0.330 e. The van der Waals surface area contributed by atoms with Crippen LogP contribution in [0.3, 0.4) is 0 Å². The number of nitrogens with two attached hydrogens (primary N) is 1. The largest absolute Gasteiger partial charge is 0.383 e. The summed E-state index contributed by atoms with van der Waals surface area (Å²) < 4.78 is 2.79. The Morgan fingerprint density at radius 3 is 2.66 bits per heavy atom. The van der Waals surface area contributed by atoms with E-state index in [4.69, 9.17) is 5.73 Å². The molecule has 1 amide bonds. The molecule has 0 fully saturated rings. The van der Waals surface area contributed by atoms with E-state index in [1.165, 1.54) is 22.5 Å². The number of nitrogen functional groups attached to an aromatic ring is 1. The van der Waals surface area contributed by atoms with Crippen molar-refractivity contribution in [3.63, 3.8) is 0 Å². The van der Waals surface area contributed by atoms with Crippen LogP contribution in [-0.2, 0) is 13.1 Å². The van der Waals surface area contributed by atoms with Crippen LogP contribution < -0.4 is 21.9 Å². The molecule has 0 radical (unpaired) electrons. The standard InChI is InChI=1S/C19H23N7O3/c1-3-4-10-26-16(20)15(17(27)21-19(26)29)24(2)18(28)14-12-25(23-22-14)11-13-8-6-5-7-9-13/h5-9,12H,3-4,10-11,20H2,1-2H3,(H,21,27,29).